The molecule has 0 saturated heterocycles. The summed E-state index contributed by atoms with van der Waals surface area (Å²) in [5, 5.41) is 12.2. The molecule has 3 N–H and O–H groups in total. The highest BCUT2D eigenvalue weighted by Gasteiger charge is 2.23. The Morgan fingerprint density at radius 2 is 2.15 bits per heavy atom. The summed E-state index contributed by atoms with van der Waals surface area (Å²) in [6, 6.07) is 16.0. The summed E-state index contributed by atoms with van der Waals surface area (Å²) in [5.74, 6) is 0.928. The molecule has 0 saturated carbocycles. The fraction of sp³-hybridized carbons (Fsp3) is 0.188. The number of rotatable bonds is 3. The van der Waals surface area contributed by atoms with Gasteiger partial charge in [0, 0.05) is 16.9 Å². The van der Waals surface area contributed by atoms with E-state index in [0.29, 0.717) is 18.7 Å². The van der Waals surface area contributed by atoms with Crippen molar-refractivity contribution in [2.24, 2.45) is 0 Å². The highest BCUT2D eigenvalue weighted by Crippen LogP contribution is 2.34. The molecule has 1 atom stereocenters. The molecule has 1 aliphatic rings. The van der Waals surface area contributed by atoms with E-state index in [4.69, 9.17) is 15.7 Å². The van der Waals surface area contributed by atoms with Crippen LogP contribution >= 0.6 is 0 Å². The average Bonchev–Trinajstić information content (AvgIpc) is 2.86. The molecule has 0 spiro atoms. The normalized spacial score (nSPS) is 16.1. The molecule has 0 aliphatic carbocycles. The molecule has 2 aromatic rings. The lowest BCUT2D eigenvalue weighted by Crippen LogP contribution is -2.12. The van der Waals surface area contributed by atoms with Gasteiger partial charge in [0.1, 0.15) is 12.4 Å². The van der Waals surface area contributed by atoms with Crippen molar-refractivity contribution in [3.8, 4) is 11.8 Å². The summed E-state index contributed by atoms with van der Waals surface area (Å²) in [5.41, 5.74) is 9.47. The number of anilines is 2. The Kier molecular flexibility index (Phi) is 3.18. The molecule has 0 bridgehead atoms. The molecule has 0 aromatic heterocycles. The second kappa shape index (κ2) is 5.14. The maximum absolute atomic E-state index is 8.80. The first-order valence-electron chi connectivity index (χ1n) is 6.51. The summed E-state index contributed by atoms with van der Waals surface area (Å²) in [6.45, 7) is 0.608. The Morgan fingerprint density at radius 1 is 1.30 bits per heavy atom. The minimum atomic E-state index is 0.129. The van der Waals surface area contributed by atoms with E-state index in [1.54, 1.807) is 0 Å². The van der Waals surface area contributed by atoms with Gasteiger partial charge in [-0.25, -0.2) is 0 Å². The summed E-state index contributed by atoms with van der Waals surface area (Å²) >= 11 is 0. The van der Waals surface area contributed by atoms with Gasteiger partial charge in [-0.2, -0.15) is 5.26 Å². The molecule has 1 unspecified atom stereocenters. The number of benzene rings is 2. The van der Waals surface area contributed by atoms with Crippen LogP contribution < -0.4 is 15.8 Å². The minimum Gasteiger partial charge on any atom is -0.491 e. The van der Waals surface area contributed by atoms with Gasteiger partial charge in [0.15, 0.2) is 0 Å². The monoisotopic (exact) mass is 265 g/mol. The SMILES string of the molecule is N#CCc1cc(NC2COc3ccccc32)ccc1N. The minimum absolute atomic E-state index is 0.129. The largest absolute Gasteiger partial charge is 0.491 e. The second-order valence-electron chi connectivity index (χ2n) is 4.79. The summed E-state index contributed by atoms with van der Waals surface area (Å²) < 4.78 is 5.65. The number of hydrogen-bond acceptors (Lipinski definition) is 4. The first kappa shape index (κ1) is 12.4. The molecule has 1 heterocycles. The van der Waals surface area contributed by atoms with Gasteiger partial charge in [0.2, 0.25) is 0 Å². The van der Waals surface area contributed by atoms with E-state index >= 15 is 0 Å². The van der Waals surface area contributed by atoms with Crippen LogP contribution in [-0.4, -0.2) is 6.61 Å². The number of ether oxygens (including phenoxy) is 1. The zero-order valence-corrected chi connectivity index (χ0v) is 11.0. The van der Waals surface area contributed by atoms with Crippen LogP contribution in [0.5, 0.6) is 5.75 Å². The van der Waals surface area contributed by atoms with Crippen molar-refractivity contribution in [1.29, 1.82) is 5.26 Å². The van der Waals surface area contributed by atoms with Crippen molar-refractivity contribution in [2.75, 3.05) is 17.7 Å². The zero-order chi connectivity index (χ0) is 13.9. The van der Waals surface area contributed by atoms with E-state index in [9.17, 15) is 0 Å². The van der Waals surface area contributed by atoms with Gasteiger partial charge in [0.25, 0.3) is 0 Å². The molecule has 3 rings (SSSR count). The fourth-order valence-electron chi connectivity index (χ4n) is 2.42. The van der Waals surface area contributed by atoms with Crippen molar-refractivity contribution >= 4 is 11.4 Å². The van der Waals surface area contributed by atoms with E-state index in [2.05, 4.69) is 17.5 Å². The van der Waals surface area contributed by atoms with Crippen molar-refractivity contribution in [2.45, 2.75) is 12.5 Å². The number of fused-ring (bicyclic) bond motifs is 1. The van der Waals surface area contributed by atoms with Crippen molar-refractivity contribution in [3.63, 3.8) is 0 Å². The van der Waals surface area contributed by atoms with E-state index in [1.807, 2.05) is 36.4 Å². The van der Waals surface area contributed by atoms with Crippen molar-refractivity contribution in [1.82, 2.24) is 0 Å². The van der Waals surface area contributed by atoms with Crippen LogP contribution in [0.2, 0.25) is 0 Å². The third kappa shape index (κ3) is 2.26. The highest BCUT2D eigenvalue weighted by atomic mass is 16.5. The molecule has 0 radical (unpaired) electrons. The Bertz CT molecular complexity index is 676. The number of nitrogen functional groups attached to an aromatic ring is 1. The van der Waals surface area contributed by atoms with E-state index in [1.165, 1.54) is 0 Å². The molecule has 4 nitrogen and oxygen atoms in total. The molecule has 100 valence electrons. The van der Waals surface area contributed by atoms with Crippen LogP contribution in [0.25, 0.3) is 0 Å². The van der Waals surface area contributed by atoms with Gasteiger partial charge in [0.05, 0.1) is 18.5 Å². The second-order valence-corrected chi connectivity index (χ2v) is 4.79. The standard InChI is InChI=1S/C16H15N3O/c17-8-7-11-9-12(5-6-14(11)18)19-15-10-20-16-4-2-1-3-13(15)16/h1-6,9,15,19H,7,10,18H2. The number of nitrogens with one attached hydrogen (secondary N) is 1. The van der Waals surface area contributed by atoms with Crippen LogP contribution in [0, 0.1) is 11.3 Å². The van der Waals surface area contributed by atoms with Gasteiger partial charge >= 0.3 is 0 Å². The number of nitrogens with zero attached hydrogens (tertiary/aromatic N) is 1. The number of nitrogens with two attached hydrogens (primary N) is 1. The Labute approximate surface area is 117 Å². The molecule has 4 heteroatoms. The third-order valence-electron chi connectivity index (χ3n) is 3.45. The lowest BCUT2D eigenvalue weighted by atomic mass is 10.1. The Balaban J connectivity index is 1.83. The van der Waals surface area contributed by atoms with Crippen LogP contribution in [-0.2, 0) is 6.42 Å². The first-order chi connectivity index (χ1) is 9.78. The van der Waals surface area contributed by atoms with Gasteiger partial charge in [-0.3, -0.25) is 0 Å². The average molecular weight is 265 g/mol. The molecule has 0 amide bonds. The van der Waals surface area contributed by atoms with Crippen LogP contribution in [0.4, 0.5) is 11.4 Å². The Morgan fingerprint density at radius 3 is 3.00 bits per heavy atom. The first-order valence-corrected chi connectivity index (χ1v) is 6.51. The number of para-hydroxylation sites is 1. The van der Waals surface area contributed by atoms with Crippen LogP contribution in [0.1, 0.15) is 17.2 Å². The van der Waals surface area contributed by atoms with Crippen molar-refractivity contribution < 1.29 is 4.74 Å². The third-order valence-corrected chi connectivity index (χ3v) is 3.45. The van der Waals surface area contributed by atoms with Gasteiger partial charge in [-0.15, -0.1) is 0 Å². The predicted octanol–water partition coefficient (Wildman–Crippen LogP) is 2.88. The predicted molar refractivity (Wildman–Crippen MR) is 78.5 cm³/mol. The molecule has 1 aliphatic heterocycles. The van der Waals surface area contributed by atoms with E-state index < -0.39 is 0 Å². The zero-order valence-electron chi connectivity index (χ0n) is 11.0. The van der Waals surface area contributed by atoms with E-state index in [-0.39, 0.29) is 6.04 Å². The summed E-state index contributed by atoms with van der Waals surface area (Å²) in [7, 11) is 0. The van der Waals surface area contributed by atoms with Crippen LogP contribution in [0.3, 0.4) is 0 Å². The van der Waals surface area contributed by atoms with Gasteiger partial charge < -0.3 is 15.8 Å². The molecule has 20 heavy (non-hydrogen) atoms. The molecule has 2 aromatic carbocycles. The maximum atomic E-state index is 8.80. The van der Waals surface area contributed by atoms with Crippen LogP contribution in [0.15, 0.2) is 42.5 Å². The van der Waals surface area contributed by atoms with Gasteiger partial charge in [-0.1, -0.05) is 18.2 Å². The number of hydrogen-bond donors (Lipinski definition) is 2. The molecular formula is C16H15N3O. The smallest absolute Gasteiger partial charge is 0.124 e. The topological polar surface area (TPSA) is 71.1 Å². The lowest BCUT2D eigenvalue weighted by molar-refractivity contribution is 0.340. The number of nitriles is 1. The summed E-state index contributed by atoms with van der Waals surface area (Å²) in [4.78, 5) is 0. The Hall–Kier alpha value is -2.67. The van der Waals surface area contributed by atoms with Gasteiger partial charge in [-0.05, 0) is 29.8 Å². The lowest BCUT2D eigenvalue weighted by Gasteiger charge is -2.14. The molecular weight excluding hydrogens is 250 g/mol. The molecule has 0 fully saturated rings. The maximum Gasteiger partial charge on any atom is 0.124 e. The fourth-order valence-corrected chi connectivity index (χ4v) is 2.42. The van der Waals surface area contributed by atoms with Crippen molar-refractivity contribution in [3.05, 3.63) is 53.6 Å². The summed E-state index contributed by atoms with van der Waals surface area (Å²) in [6.07, 6.45) is 0.319. The van der Waals surface area contributed by atoms with E-state index in [0.717, 1.165) is 22.6 Å². The quantitative estimate of drug-likeness (QED) is 0.837. The highest BCUT2D eigenvalue weighted by molar-refractivity contribution is 5.59.